The summed E-state index contributed by atoms with van der Waals surface area (Å²) in [6.45, 7) is 7.87. The maximum absolute atomic E-state index is 10.7. The lowest BCUT2D eigenvalue weighted by atomic mass is 9.98. The third-order valence-corrected chi connectivity index (χ3v) is 4.14. The molecule has 0 aliphatic heterocycles. The molecule has 2 rings (SSSR count). The fraction of sp³-hybridized carbons (Fsp3) is 0.500. The second kappa shape index (κ2) is 5.36. The largest absolute Gasteiger partial charge is 0.481 e. The minimum absolute atomic E-state index is 0.135. The molecule has 0 atom stereocenters. The van der Waals surface area contributed by atoms with Crippen LogP contribution in [0.1, 0.15) is 38.1 Å². The van der Waals surface area contributed by atoms with Crippen molar-refractivity contribution >= 4 is 33.3 Å². The third kappa shape index (κ3) is 3.25. The van der Waals surface area contributed by atoms with E-state index in [1.807, 2.05) is 27.7 Å². The molecular formula is C14H19N3O2S. The predicted octanol–water partition coefficient (Wildman–Crippen LogP) is 3.36. The zero-order valence-electron chi connectivity index (χ0n) is 12.1. The van der Waals surface area contributed by atoms with E-state index in [9.17, 15) is 4.79 Å². The highest BCUT2D eigenvalue weighted by Gasteiger charge is 2.22. The SMILES string of the molecule is Cc1nc(NC(C)(C)CCC(=O)O)c2c(C)csc2n1. The number of nitrogens with zero attached hydrogens (tertiary/aromatic N) is 2. The topological polar surface area (TPSA) is 75.1 Å². The van der Waals surface area contributed by atoms with Crippen LogP contribution < -0.4 is 5.32 Å². The molecule has 0 spiro atoms. The summed E-state index contributed by atoms with van der Waals surface area (Å²) in [4.78, 5) is 20.6. The summed E-state index contributed by atoms with van der Waals surface area (Å²) in [5.41, 5.74) is 0.807. The summed E-state index contributed by atoms with van der Waals surface area (Å²) in [7, 11) is 0. The van der Waals surface area contributed by atoms with Gasteiger partial charge in [-0.05, 0) is 45.1 Å². The van der Waals surface area contributed by atoms with Crippen LogP contribution in [0.2, 0.25) is 0 Å². The van der Waals surface area contributed by atoms with Gasteiger partial charge in [0.1, 0.15) is 16.5 Å². The Morgan fingerprint density at radius 3 is 2.75 bits per heavy atom. The van der Waals surface area contributed by atoms with Crippen molar-refractivity contribution in [2.75, 3.05) is 5.32 Å². The maximum atomic E-state index is 10.7. The number of aliphatic carboxylic acids is 1. The number of hydrogen-bond donors (Lipinski definition) is 2. The molecule has 6 heteroatoms. The predicted molar refractivity (Wildman–Crippen MR) is 81.5 cm³/mol. The molecule has 108 valence electrons. The van der Waals surface area contributed by atoms with E-state index in [2.05, 4.69) is 20.7 Å². The van der Waals surface area contributed by atoms with Crippen LogP contribution in [-0.2, 0) is 4.79 Å². The molecule has 0 saturated heterocycles. The molecule has 5 nitrogen and oxygen atoms in total. The zero-order chi connectivity index (χ0) is 14.9. The van der Waals surface area contributed by atoms with Crippen molar-refractivity contribution in [1.82, 2.24) is 9.97 Å². The van der Waals surface area contributed by atoms with Gasteiger partial charge in [0.2, 0.25) is 0 Å². The Balaban J connectivity index is 2.32. The van der Waals surface area contributed by atoms with E-state index >= 15 is 0 Å². The number of carboxylic acid groups (broad SMARTS) is 1. The molecule has 2 aromatic rings. The number of anilines is 1. The number of nitrogens with one attached hydrogen (secondary N) is 1. The van der Waals surface area contributed by atoms with Gasteiger partial charge in [-0.1, -0.05) is 0 Å². The molecule has 2 N–H and O–H groups in total. The van der Waals surface area contributed by atoms with E-state index < -0.39 is 5.97 Å². The van der Waals surface area contributed by atoms with Gasteiger partial charge >= 0.3 is 5.97 Å². The van der Waals surface area contributed by atoms with Gasteiger partial charge < -0.3 is 10.4 Å². The lowest BCUT2D eigenvalue weighted by Crippen LogP contribution is -2.32. The van der Waals surface area contributed by atoms with Gasteiger partial charge in [0.25, 0.3) is 0 Å². The number of carboxylic acids is 1. The van der Waals surface area contributed by atoms with Crippen LogP contribution in [0.15, 0.2) is 5.38 Å². The van der Waals surface area contributed by atoms with Crippen molar-refractivity contribution in [3.8, 4) is 0 Å². The number of hydrogen-bond acceptors (Lipinski definition) is 5. The number of aromatic nitrogens is 2. The maximum Gasteiger partial charge on any atom is 0.303 e. The Hall–Kier alpha value is -1.69. The van der Waals surface area contributed by atoms with Gasteiger partial charge in [-0.25, -0.2) is 9.97 Å². The Morgan fingerprint density at radius 2 is 2.10 bits per heavy atom. The number of aryl methyl sites for hydroxylation is 2. The van der Waals surface area contributed by atoms with Crippen LogP contribution in [0, 0.1) is 13.8 Å². The number of thiophene rings is 1. The van der Waals surface area contributed by atoms with E-state index in [4.69, 9.17) is 5.11 Å². The summed E-state index contributed by atoms with van der Waals surface area (Å²) >= 11 is 1.60. The lowest BCUT2D eigenvalue weighted by Gasteiger charge is -2.27. The second-order valence-electron chi connectivity index (χ2n) is 5.62. The van der Waals surface area contributed by atoms with Gasteiger partial charge in [0.05, 0.1) is 5.39 Å². The van der Waals surface area contributed by atoms with Gasteiger partial charge in [-0.3, -0.25) is 4.79 Å². The highest BCUT2D eigenvalue weighted by molar-refractivity contribution is 7.17. The van der Waals surface area contributed by atoms with Crippen LogP contribution >= 0.6 is 11.3 Å². The molecule has 0 amide bonds. The molecular weight excluding hydrogens is 274 g/mol. The summed E-state index contributed by atoms with van der Waals surface area (Å²) < 4.78 is 0. The third-order valence-electron chi connectivity index (χ3n) is 3.15. The Bertz CT molecular complexity index is 649. The molecule has 0 aliphatic rings. The van der Waals surface area contributed by atoms with Crippen LogP contribution in [0.25, 0.3) is 10.2 Å². The van der Waals surface area contributed by atoms with Crippen LogP contribution in [0.4, 0.5) is 5.82 Å². The average Bonchev–Trinajstić information content (AvgIpc) is 2.68. The standard InChI is InChI=1S/C14H19N3O2S/c1-8-7-20-13-11(8)12(15-9(2)16-13)17-14(3,4)6-5-10(18)19/h7H,5-6H2,1-4H3,(H,18,19)(H,15,16,17). The van der Waals surface area contributed by atoms with E-state index in [1.54, 1.807) is 11.3 Å². The Kier molecular flexibility index (Phi) is 3.94. The molecule has 20 heavy (non-hydrogen) atoms. The molecule has 0 aliphatic carbocycles. The van der Waals surface area contributed by atoms with Gasteiger partial charge in [0.15, 0.2) is 0 Å². The minimum atomic E-state index is -0.782. The fourth-order valence-corrected chi connectivity index (χ4v) is 3.05. The lowest BCUT2D eigenvalue weighted by molar-refractivity contribution is -0.137. The number of fused-ring (bicyclic) bond motifs is 1. The monoisotopic (exact) mass is 293 g/mol. The normalized spacial score (nSPS) is 11.8. The number of rotatable bonds is 5. The minimum Gasteiger partial charge on any atom is -0.481 e. The van der Waals surface area contributed by atoms with Crippen molar-refractivity contribution in [3.63, 3.8) is 0 Å². The van der Waals surface area contributed by atoms with Gasteiger partial charge in [-0.15, -0.1) is 11.3 Å². The fourth-order valence-electron chi connectivity index (χ4n) is 2.08. The Labute approximate surface area is 122 Å². The first kappa shape index (κ1) is 14.7. The summed E-state index contributed by atoms with van der Waals surface area (Å²) in [5.74, 6) is 0.730. The van der Waals surface area contributed by atoms with E-state index in [-0.39, 0.29) is 12.0 Å². The molecule has 0 fully saturated rings. The van der Waals surface area contributed by atoms with Crippen molar-refractivity contribution in [2.45, 2.75) is 46.1 Å². The highest BCUT2D eigenvalue weighted by atomic mass is 32.1. The Morgan fingerprint density at radius 1 is 1.40 bits per heavy atom. The average molecular weight is 293 g/mol. The molecule has 2 aromatic heterocycles. The summed E-state index contributed by atoms with van der Waals surface area (Å²) in [6.07, 6.45) is 0.673. The first-order chi connectivity index (χ1) is 9.28. The molecule has 0 bridgehead atoms. The molecule has 0 saturated carbocycles. The van der Waals surface area contributed by atoms with Gasteiger partial charge in [-0.2, -0.15) is 0 Å². The molecule has 0 aromatic carbocycles. The van der Waals surface area contributed by atoms with Crippen molar-refractivity contribution in [1.29, 1.82) is 0 Å². The zero-order valence-corrected chi connectivity index (χ0v) is 13.0. The van der Waals surface area contributed by atoms with Crippen LogP contribution in [0.3, 0.4) is 0 Å². The van der Waals surface area contributed by atoms with E-state index in [0.29, 0.717) is 6.42 Å². The van der Waals surface area contributed by atoms with Crippen molar-refractivity contribution < 1.29 is 9.90 Å². The quantitative estimate of drug-likeness (QED) is 0.884. The van der Waals surface area contributed by atoms with Crippen molar-refractivity contribution in [3.05, 3.63) is 16.8 Å². The van der Waals surface area contributed by atoms with Gasteiger partial charge in [0, 0.05) is 12.0 Å². The van der Waals surface area contributed by atoms with E-state index in [1.165, 1.54) is 0 Å². The first-order valence-electron chi connectivity index (χ1n) is 6.51. The first-order valence-corrected chi connectivity index (χ1v) is 7.39. The summed E-state index contributed by atoms with van der Waals surface area (Å²) in [5, 5.41) is 15.3. The van der Waals surface area contributed by atoms with Crippen LogP contribution in [0.5, 0.6) is 0 Å². The number of carbonyl (C=O) groups is 1. The van der Waals surface area contributed by atoms with Crippen molar-refractivity contribution in [2.24, 2.45) is 0 Å². The van der Waals surface area contributed by atoms with E-state index in [0.717, 1.165) is 27.4 Å². The summed E-state index contributed by atoms with van der Waals surface area (Å²) in [6, 6.07) is 0. The molecule has 0 radical (unpaired) electrons. The molecule has 2 heterocycles. The van der Waals surface area contributed by atoms with Crippen LogP contribution in [-0.4, -0.2) is 26.6 Å². The second-order valence-corrected chi connectivity index (χ2v) is 6.48. The smallest absolute Gasteiger partial charge is 0.303 e. The highest BCUT2D eigenvalue weighted by Crippen LogP contribution is 2.31. The molecule has 0 unspecified atom stereocenters.